The standard InChI is InChI=1S/C12H21N4O9P/c1-14-11(13)25-8-6(5-23-26(19,20)21)24-10(9(8)22-2)16-4-3-7(17)15-12(16)18/h3-4,6,8-11,14H,5,13H2,1-2H3,(H,15,17,18)(H2,19,20,21)/t6-,8?,9?,10-,11?/m1/s1. The molecular formula is C12H21N4O9P. The van der Waals surface area contributed by atoms with Crippen molar-refractivity contribution >= 4 is 7.82 Å². The number of rotatable bonds is 8. The quantitative estimate of drug-likeness (QED) is 0.229. The van der Waals surface area contributed by atoms with E-state index < -0.39 is 56.6 Å². The average Bonchev–Trinajstić information content (AvgIpc) is 2.89. The number of aromatic amines is 1. The molecule has 2 heterocycles. The summed E-state index contributed by atoms with van der Waals surface area (Å²) in [5.41, 5.74) is 4.35. The van der Waals surface area contributed by atoms with Crippen molar-refractivity contribution in [2.75, 3.05) is 20.8 Å². The van der Waals surface area contributed by atoms with Crippen LogP contribution in [0.2, 0.25) is 0 Å². The van der Waals surface area contributed by atoms with Gasteiger partial charge in [-0.1, -0.05) is 0 Å². The number of nitrogens with one attached hydrogen (secondary N) is 2. The van der Waals surface area contributed by atoms with Crippen LogP contribution in [0.5, 0.6) is 0 Å². The zero-order valence-corrected chi connectivity index (χ0v) is 14.9. The van der Waals surface area contributed by atoms with Gasteiger partial charge in [-0.15, -0.1) is 0 Å². The maximum absolute atomic E-state index is 12.0. The molecule has 0 spiro atoms. The third-order valence-corrected chi connectivity index (χ3v) is 4.16. The molecule has 0 radical (unpaired) electrons. The van der Waals surface area contributed by atoms with Crippen molar-refractivity contribution < 1.29 is 33.1 Å². The number of phosphoric ester groups is 1. The van der Waals surface area contributed by atoms with E-state index in [-0.39, 0.29) is 0 Å². The van der Waals surface area contributed by atoms with Gasteiger partial charge < -0.3 is 24.0 Å². The maximum Gasteiger partial charge on any atom is 0.469 e. The molecular weight excluding hydrogens is 375 g/mol. The van der Waals surface area contributed by atoms with Gasteiger partial charge in [0.2, 0.25) is 0 Å². The lowest BCUT2D eigenvalue weighted by atomic mass is 10.1. The fourth-order valence-corrected chi connectivity index (χ4v) is 2.86. The highest BCUT2D eigenvalue weighted by Gasteiger charge is 2.48. The first kappa shape index (κ1) is 20.9. The van der Waals surface area contributed by atoms with Crippen LogP contribution < -0.4 is 22.3 Å². The molecule has 0 bridgehead atoms. The molecule has 0 saturated carbocycles. The van der Waals surface area contributed by atoms with E-state index in [0.29, 0.717) is 0 Å². The predicted molar refractivity (Wildman–Crippen MR) is 85.9 cm³/mol. The van der Waals surface area contributed by atoms with Crippen molar-refractivity contribution in [1.29, 1.82) is 0 Å². The van der Waals surface area contributed by atoms with Crippen LogP contribution in [0.4, 0.5) is 0 Å². The van der Waals surface area contributed by atoms with Crippen molar-refractivity contribution in [3.05, 3.63) is 33.1 Å². The van der Waals surface area contributed by atoms with Crippen molar-refractivity contribution in [2.45, 2.75) is 30.9 Å². The van der Waals surface area contributed by atoms with Gasteiger partial charge in [0.15, 0.2) is 12.6 Å². The number of ether oxygens (including phenoxy) is 3. The van der Waals surface area contributed by atoms with E-state index in [4.69, 9.17) is 29.7 Å². The van der Waals surface area contributed by atoms with E-state index in [1.807, 2.05) is 0 Å². The lowest BCUT2D eigenvalue weighted by Crippen LogP contribution is -2.47. The third-order valence-electron chi connectivity index (χ3n) is 3.68. The van der Waals surface area contributed by atoms with Gasteiger partial charge in [0.1, 0.15) is 18.3 Å². The molecule has 3 unspecified atom stereocenters. The van der Waals surface area contributed by atoms with E-state index in [1.54, 1.807) is 0 Å². The molecule has 5 atom stereocenters. The van der Waals surface area contributed by atoms with Crippen LogP contribution in [0, 0.1) is 0 Å². The lowest BCUT2D eigenvalue weighted by Gasteiger charge is -2.26. The van der Waals surface area contributed by atoms with Crippen LogP contribution in [0.3, 0.4) is 0 Å². The number of hydrogen-bond acceptors (Lipinski definition) is 9. The van der Waals surface area contributed by atoms with Crippen LogP contribution in [0.1, 0.15) is 6.23 Å². The molecule has 13 nitrogen and oxygen atoms in total. The molecule has 0 amide bonds. The number of H-pyrrole nitrogens is 1. The number of hydrogen-bond donors (Lipinski definition) is 5. The van der Waals surface area contributed by atoms with Crippen LogP contribution in [0.15, 0.2) is 21.9 Å². The monoisotopic (exact) mass is 396 g/mol. The summed E-state index contributed by atoms with van der Waals surface area (Å²) in [5, 5.41) is 2.64. The molecule has 1 aliphatic rings. The second-order valence-corrected chi connectivity index (χ2v) is 6.62. The molecule has 14 heteroatoms. The van der Waals surface area contributed by atoms with Crippen molar-refractivity contribution in [1.82, 2.24) is 14.9 Å². The highest BCUT2D eigenvalue weighted by Crippen LogP contribution is 2.39. The first-order valence-corrected chi connectivity index (χ1v) is 8.97. The molecule has 26 heavy (non-hydrogen) atoms. The summed E-state index contributed by atoms with van der Waals surface area (Å²) in [4.78, 5) is 43.2. The first-order valence-electron chi connectivity index (χ1n) is 7.44. The van der Waals surface area contributed by atoms with Gasteiger partial charge in [0.25, 0.3) is 5.56 Å². The highest BCUT2D eigenvalue weighted by molar-refractivity contribution is 7.46. The molecule has 1 fully saturated rings. The summed E-state index contributed by atoms with van der Waals surface area (Å²) in [6, 6.07) is 1.12. The summed E-state index contributed by atoms with van der Waals surface area (Å²) in [6.45, 7) is -0.542. The van der Waals surface area contributed by atoms with Gasteiger partial charge in [-0.05, 0) is 7.05 Å². The van der Waals surface area contributed by atoms with E-state index in [1.165, 1.54) is 20.4 Å². The number of methoxy groups -OCH3 is 1. The molecule has 1 aliphatic heterocycles. The fraction of sp³-hybridized carbons (Fsp3) is 0.667. The topological polar surface area (TPSA) is 187 Å². The minimum atomic E-state index is -4.76. The summed E-state index contributed by atoms with van der Waals surface area (Å²) < 4.78 is 33.1. The molecule has 2 rings (SSSR count). The van der Waals surface area contributed by atoms with Gasteiger partial charge in [-0.2, -0.15) is 0 Å². The summed E-state index contributed by atoms with van der Waals surface area (Å²) in [6.07, 6.45) is -3.62. The Labute approximate surface area is 147 Å². The van der Waals surface area contributed by atoms with Gasteiger partial charge in [0.05, 0.1) is 6.61 Å². The molecule has 0 aromatic carbocycles. The molecule has 1 aromatic rings. The van der Waals surface area contributed by atoms with E-state index in [0.717, 1.165) is 10.6 Å². The predicted octanol–water partition coefficient (Wildman–Crippen LogP) is -2.59. The Bertz CT molecular complexity index is 762. The van der Waals surface area contributed by atoms with Gasteiger partial charge in [-0.3, -0.25) is 29.9 Å². The molecule has 148 valence electrons. The van der Waals surface area contributed by atoms with Crippen LogP contribution in [0.25, 0.3) is 0 Å². The Balaban J connectivity index is 2.33. The minimum absolute atomic E-state index is 0.542. The van der Waals surface area contributed by atoms with Gasteiger partial charge in [-0.25, -0.2) is 9.36 Å². The molecule has 1 aromatic heterocycles. The Morgan fingerprint density at radius 1 is 1.46 bits per heavy atom. The Morgan fingerprint density at radius 2 is 2.15 bits per heavy atom. The van der Waals surface area contributed by atoms with E-state index in [9.17, 15) is 14.2 Å². The maximum atomic E-state index is 12.0. The van der Waals surface area contributed by atoms with Crippen LogP contribution >= 0.6 is 7.82 Å². The van der Waals surface area contributed by atoms with Gasteiger partial charge >= 0.3 is 13.5 Å². The number of phosphoric acid groups is 1. The average molecular weight is 396 g/mol. The summed E-state index contributed by atoms with van der Waals surface area (Å²) in [7, 11) is -1.89. The lowest BCUT2D eigenvalue weighted by molar-refractivity contribution is -0.100. The first-order chi connectivity index (χ1) is 12.2. The number of aromatic nitrogens is 2. The molecule has 6 N–H and O–H groups in total. The number of nitrogens with two attached hydrogens (primary N) is 1. The zero-order valence-electron chi connectivity index (χ0n) is 14.0. The van der Waals surface area contributed by atoms with Crippen molar-refractivity contribution in [3.63, 3.8) is 0 Å². The largest absolute Gasteiger partial charge is 0.469 e. The van der Waals surface area contributed by atoms with Crippen LogP contribution in [-0.2, 0) is 23.3 Å². The Hall–Kier alpha value is -1.41. The zero-order chi connectivity index (χ0) is 19.5. The minimum Gasteiger partial charge on any atom is -0.374 e. The normalized spacial score (nSPS) is 27.6. The summed E-state index contributed by atoms with van der Waals surface area (Å²) in [5.74, 6) is 0. The van der Waals surface area contributed by atoms with Crippen molar-refractivity contribution in [2.24, 2.45) is 5.73 Å². The number of nitrogens with zero attached hydrogens (tertiary/aromatic N) is 1. The second-order valence-electron chi connectivity index (χ2n) is 5.38. The van der Waals surface area contributed by atoms with Crippen LogP contribution in [-0.4, -0.2) is 64.8 Å². The third kappa shape index (κ3) is 5.07. The highest BCUT2D eigenvalue weighted by atomic mass is 31.2. The van der Waals surface area contributed by atoms with Gasteiger partial charge in [0, 0.05) is 19.4 Å². The second kappa shape index (κ2) is 8.52. The Kier molecular flexibility index (Phi) is 6.85. The van der Waals surface area contributed by atoms with E-state index >= 15 is 0 Å². The van der Waals surface area contributed by atoms with E-state index in [2.05, 4.69) is 14.8 Å². The van der Waals surface area contributed by atoms with Crippen molar-refractivity contribution in [3.8, 4) is 0 Å². The molecule has 0 aliphatic carbocycles. The summed E-state index contributed by atoms with van der Waals surface area (Å²) >= 11 is 0. The fourth-order valence-electron chi connectivity index (χ4n) is 2.52. The molecule has 1 saturated heterocycles. The Morgan fingerprint density at radius 3 is 2.69 bits per heavy atom. The SMILES string of the molecule is CNC(N)OC1C(OC)[C@H](n2ccc(=O)[nH]c2=O)O[C@@H]1COP(=O)(O)O. The smallest absolute Gasteiger partial charge is 0.374 e.